The molecule has 27 heavy (non-hydrogen) atoms. The predicted molar refractivity (Wildman–Crippen MR) is 105 cm³/mol. The van der Waals surface area contributed by atoms with Crippen LogP contribution in [0.5, 0.6) is 0 Å². The van der Waals surface area contributed by atoms with Crippen LogP contribution in [0.1, 0.15) is 41.8 Å². The minimum absolute atomic E-state index is 0.167. The highest BCUT2D eigenvalue weighted by Crippen LogP contribution is 2.44. The van der Waals surface area contributed by atoms with E-state index >= 15 is 0 Å². The van der Waals surface area contributed by atoms with E-state index < -0.39 is 5.97 Å². The van der Waals surface area contributed by atoms with Crippen molar-refractivity contribution >= 4 is 30.6 Å². The summed E-state index contributed by atoms with van der Waals surface area (Å²) in [7, 11) is 0. The zero-order chi connectivity index (χ0) is 19.0. The highest BCUT2D eigenvalue weighted by atomic mass is 32.1. The number of carbonyl (C=O) groups excluding carboxylic acids is 1. The van der Waals surface area contributed by atoms with Crippen molar-refractivity contribution in [1.82, 2.24) is 5.32 Å². The number of aromatic carboxylic acids is 1. The maximum absolute atomic E-state index is 12.4. The fourth-order valence-corrected chi connectivity index (χ4v) is 4.42. The fourth-order valence-electron chi connectivity index (χ4n) is 4.23. The minimum Gasteiger partial charge on any atom is -0.478 e. The number of rotatable bonds is 5. The molecule has 2 aromatic rings. The van der Waals surface area contributed by atoms with Crippen molar-refractivity contribution in [2.24, 2.45) is 11.8 Å². The summed E-state index contributed by atoms with van der Waals surface area (Å²) in [5, 5.41) is 12.1. The van der Waals surface area contributed by atoms with E-state index in [4.69, 9.17) is 9.52 Å². The molecule has 0 spiro atoms. The molecule has 0 aliphatic heterocycles. The lowest BCUT2D eigenvalue weighted by atomic mass is 9.95. The lowest BCUT2D eigenvalue weighted by molar-refractivity contribution is -0.117. The largest absolute Gasteiger partial charge is 0.478 e. The second-order valence-electron chi connectivity index (χ2n) is 7.37. The Bertz CT molecular complexity index is 899. The molecule has 2 fully saturated rings. The number of furan rings is 1. The molecular formula is C21H21NO4S. The van der Waals surface area contributed by atoms with Gasteiger partial charge < -0.3 is 14.8 Å². The average Bonchev–Trinajstić information content (AvgIpc) is 3.38. The highest BCUT2D eigenvalue weighted by molar-refractivity contribution is 7.85. The number of carboxylic acid groups (broad SMARTS) is 1. The molecule has 5 nitrogen and oxygen atoms in total. The summed E-state index contributed by atoms with van der Waals surface area (Å²) < 4.78 is 5.76. The van der Waals surface area contributed by atoms with Gasteiger partial charge in [-0.3, -0.25) is 4.79 Å². The number of nitrogens with one attached hydrogen (secondary N) is 1. The van der Waals surface area contributed by atoms with Crippen LogP contribution in [0.3, 0.4) is 0 Å². The first-order chi connectivity index (χ1) is 13.0. The number of fused-ring (bicyclic) bond motifs is 2. The number of hydrogen-bond acceptors (Lipinski definition) is 4. The zero-order valence-corrected chi connectivity index (χ0v) is 15.6. The molecule has 0 saturated heterocycles. The molecule has 2 bridgehead atoms. The number of thiol groups is 1. The molecule has 1 heterocycles. The van der Waals surface area contributed by atoms with Crippen LogP contribution >= 0.6 is 12.6 Å². The zero-order valence-electron chi connectivity index (χ0n) is 14.7. The first-order valence-electron chi connectivity index (χ1n) is 9.14. The van der Waals surface area contributed by atoms with E-state index in [1.54, 1.807) is 30.3 Å². The molecule has 2 aliphatic rings. The third kappa shape index (κ3) is 3.81. The van der Waals surface area contributed by atoms with E-state index in [0.29, 0.717) is 22.3 Å². The van der Waals surface area contributed by atoms with Gasteiger partial charge in [-0.15, -0.1) is 12.6 Å². The third-order valence-electron chi connectivity index (χ3n) is 5.61. The van der Waals surface area contributed by atoms with E-state index in [-0.39, 0.29) is 17.5 Å². The van der Waals surface area contributed by atoms with Crippen molar-refractivity contribution in [2.45, 2.75) is 31.7 Å². The van der Waals surface area contributed by atoms with Crippen LogP contribution in [0.15, 0.2) is 45.7 Å². The van der Waals surface area contributed by atoms with Crippen molar-refractivity contribution < 1.29 is 19.1 Å². The first kappa shape index (κ1) is 17.9. The molecule has 1 aromatic carbocycles. The SMILES string of the molecule is O=C(NC1CC2CCC1C2)/C(S)=C/c1ccc(-c2ccc(C(=O)O)cc2)o1. The van der Waals surface area contributed by atoms with Gasteiger partial charge >= 0.3 is 5.97 Å². The quantitative estimate of drug-likeness (QED) is 0.533. The molecule has 1 aromatic heterocycles. The topological polar surface area (TPSA) is 79.5 Å². The van der Waals surface area contributed by atoms with Gasteiger partial charge in [-0.2, -0.15) is 0 Å². The summed E-state index contributed by atoms with van der Waals surface area (Å²) in [5.74, 6) is 1.38. The van der Waals surface area contributed by atoms with Gasteiger partial charge in [0.15, 0.2) is 0 Å². The Morgan fingerprint density at radius 2 is 1.89 bits per heavy atom. The monoisotopic (exact) mass is 383 g/mol. The van der Waals surface area contributed by atoms with Crippen LogP contribution in [0.4, 0.5) is 0 Å². The molecule has 2 saturated carbocycles. The minimum atomic E-state index is -0.967. The summed E-state index contributed by atoms with van der Waals surface area (Å²) in [6, 6.07) is 10.3. The van der Waals surface area contributed by atoms with E-state index in [9.17, 15) is 9.59 Å². The maximum atomic E-state index is 12.4. The number of hydrogen-bond donors (Lipinski definition) is 3. The van der Waals surface area contributed by atoms with Crippen molar-refractivity contribution in [3.8, 4) is 11.3 Å². The van der Waals surface area contributed by atoms with Gasteiger partial charge in [-0.05, 0) is 61.4 Å². The summed E-state index contributed by atoms with van der Waals surface area (Å²) in [5.41, 5.74) is 0.993. The third-order valence-corrected chi connectivity index (χ3v) is 5.94. The molecule has 2 aliphatic carbocycles. The molecule has 4 rings (SSSR count). The van der Waals surface area contributed by atoms with Gasteiger partial charge in [0.2, 0.25) is 0 Å². The van der Waals surface area contributed by atoms with Crippen LogP contribution < -0.4 is 5.32 Å². The first-order valence-corrected chi connectivity index (χ1v) is 9.59. The van der Waals surface area contributed by atoms with Crippen molar-refractivity contribution in [3.63, 3.8) is 0 Å². The van der Waals surface area contributed by atoms with E-state index in [2.05, 4.69) is 17.9 Å². The number of carboxylic acids is 1. The lowest BCUT2D eigenvalue weighted by Gasteiger charge is -2.22. The lowest BCUT2D eigenvalue weighted by Crippen LogP contribution is -2.38. The Morgan fingerprint density at radius 3 is 2.52 bits per heavy atom. The van der Waals surface area contributed by atoms with Gasteiger partial charge in [-0.1, -0.05) is 18.6 Å². The Hall–Kier alpha value is -2.47. The summed E-state index contributed by atoms with van der Waals surface area (Å²) in [4.78, 5) is 23.7. The predicted octanol–water partition coefficient (Wildman–Crippen LogP) is 4.22. The smallest absolute Gasteiger partial charge is 0.335 e. The second kappa shape index (κ2) is 7.27. The molecule has 3 atom stereocenters. The van der Waals surface area contributed by atoms with E-state index in [1.165, 1.54) is 31.4 Å². The Morgan fingerprint density at radius 1 is 1.11 bits per heavy atom. The van der Waals surface area contributed by atoms with Crippen molar-refractivity contribution in [3.05, 3.63) is 52.6 Å². The molecule has 3 unspecified atom stereocenters. The Kier molecular flexibility index (Phi) is 4.83. The van der Waals surface area contributed by atoms with Gasteiger partial charge in [-0.25, -0.2) is 4.79 Å². The van der Waals surface area contributed by atoms with Gasteiger partial charge in [0.25, 0.3) is 5.91 Å². The molecule has 2 N–H and O–H groups in total. The maximum Gasteiger partial charge on any atom is 0.335 e. The highest BCUT2D eigenvalue weighted by Gasteiger charge is 2.40. The number of amides is 1. The van der Waals surface area contributed by atoms with Crippen LogP contribution in [-0.4, -0.2) is 23.0 Å². The summed E-state index contributed by atoms with van der Waals surface area (Å²) >= 11 is 4.34. The summed E-state index contributed by atoms with van der Waals surface area (Å²) in [6.07, 6.45) is 6.43. The van der Waals surface area contributed by atoms with Crippen LogP contribution in [0.2, 0.25) is 0 Å². The molecule has 0 radical (unpaired) electrons. The van der Waals surface area contributed by atoms with E-state index in [1.807, 2.05) is 0 Å². The van der Waals surface area contributed by atoms with E-state index in [0.717, 1.165) is 17.9 Å². The fraction of sp³-hybridized carbons (Fsp3) is 0.333. The summed E-state index contributed by atoms with van der Waals surface area (Å²) in [6.45, 7) is 0. The second-order valence-corrected chi connectivity index (χ2v) is 7.85. The average molecular weight is 383 g/mol. The molecule has 6 heteroatoms. The number of carbonyl (C=O) groups is 2. The van der Waals surface area contributed by atoms with Gasteiger partial charge in [0.05, 0.1) is 10.5 Å². The normalized spacial score (nSPS) is 24.2. The Labute approximate surface area is 162 Å². The van der Waals surface area contributed by atoms with Crippen molar-refractivity contribution in [2.75, 3.05) is 0 Å². The van der Waals surface area contributed by atoms with Crippen LogP contribution in [-0.2, 0) is 4.79 Å². The Balaban J connectivity index is 1.42. The van der Waals surface area contributed by atoms with Gasteiger partial charge in [0, 0.05) is 11.6 Å². The number of benzene rings is 1. The standard InChI is InChI=1S/C21H21NO4S/c23-20(22-17-10-12-1-2-15(17)9-12)19(27)11-16-7-8-18(26-16)13-3-5-14(6-4-13)21(24)25/h3-8,11-12,15,17,27H,1-2,9-10H2,(H,22,23)(H,24,25)/b19-11-. The molecule has 140 valence electrons. The molecule has 1 amide bonds. The van der Waals surface area contributed by atoms with Crippen LogP contribution in [0.25, 0.3) is 17.4 Å². The molecular weight excluding hydrogens is 362 g/mol. The van der Waals surface area contributed by atoms with Crippen LogP contribution in [0, 0.1) is 11.8 Å². The van der Waals surface area contributed by atoms with Crippen molar-refractivity contribution in [1.29, 1.82) is 0 Å². The van der Waals surface area contributed by atoms with Gasteiger partial charge in [0.1, 0.15) is 11.5 Å².